The van der Waals surface area contributed by atoms with Crippen molar-refractivity contribution in [2.45, 2.75) is 0 Å². The quantitative estimate of drug-likeness (QED) is 0.701. The van der Waals surface area contributed by atoms with E-state index in [0.29, 0.717) is 17.1 Å². The molecule has 2 aromatic rings. The average molecular weight is 182 g/mol. The lowest BCUT2D eigenvalue weighted by atomic mass is 10.4. The second-order valence-electron chi connectivity index (χ2n) is 2.13. The maximum absolute atomic E-state index is 5.61. The van der Waals surface area contributed by atoms with E-state index in [0.717, 1.165) is 4.83 Å². The zero-order chi connectivity index (χ0) is 8.55. The van der Waals surface area contributed by atoms with E-state index in [9.17, 15) is 0 Å². The van der Waals surface area contributed by atoms with Crippen molar-refractivity contribution in [1.29, 1.82) is 0 Å². The monoisotopic (exact) mass is 182 g/mol. The predicted octanol–water partition coefficient (Wildman–Crippen LogP) is 0.677. The summed E-state index contributed by atoms with van der Waals surface area (Å²) in [5, 5.41) is 0.699. The van der Waals surface area contributed by atoms with Crippen LogP contribution in [0.4, 0.5) is 5.82 Å². The molecule has 0 bridgehead atoms. The summed E-state index contributed by atoms with van der Waals surface area (Å²) < 4.78 is 9.00. The van der Waals surface area contributed by atoms with Crippen molar-refractivity contribution >= 4 is 27.6 Å². The Morgan fingerprint density at radius 3 is 3.08 bits per heavy atom. The minimum Gasteiger partial charge on any atom is -0.480 e. The molecule has 0 spiro atoms. The minimum atomic E-state index is 0.408. The molecule has 0 saturated heterocycles. The highest BCUT2D eigenvalue weighted by Crippen LogP contribution is 2.29. The van der Waals surface area contributed by atoms with Crippen molar-refractivity contribution in [3.63, 3.8) is 0 Å². The number of rotatable bonds is 1. The lowest BCUT2D eigenvalue weighted by Gasteiger charge is -1.95. The highest BCUT2D eigenvalue weighted by atomic mass is 32.1. The summed E-state index contributed by atoms with van der Waals surface area (Å²) in [7, 11) is 1.54. The first kappa shape index (κ1) is 7.23. The van der Waals surface area contributed by atoms with Crippen LogP contribution in [0.3, 0.4) is 0 Å². The molecule has 0 fully saturated rings. The van der Waals surface area contributed by atoms with Gasteiger partial charge in [0.1, 0.15) is 17.5 Å². The molecule has 2 aromatic heterocycles. The number of fused-ring (bicyclic) bond motifs is 1. The summed E-state index contributed by atoms with van der Waals surface area (Å²) in [6.07, 6.45) is 1.41. The third kappa shape index (κ3) is 0.884. The maximum Gasteiger partial charge on any atom is 0.238 e. The first-order chi connectivity index (χ1) is 5.83. The molecular weight excluding hydrogens is 176 g/mol. The summed E-state index contributed by atoms with van der Waals surface area (Å²) in [6.45, 7) is 0. The van der Waals surface area contributed by atoms with Gasteiger partial charge in [-0.2, -0.15) is 4.37 Å². The molecule has 0 radical (unpaired) electrons. The number of hydrogen-bond acceptors (Lipinski definition) is 6. The van der Waals surface area contributed by atoms with Gasteiger partial charge in [0.2, 0.25) is 5.88 Å². The van der Waals surface area contributed by atoms with Crippen LogP contribution in [0, 0.1) is 0 Å². The Bertz CT molecular complexity index is 413. The van der Waals surface area contributed by atoms with Crippen LogP contribution in [0.15, 0.2) is 6.33 Å². The maximum atomic E-state index is 5.61. The van der Waals surface area contributed by atoms with Crippen LogP contribution in [0.1, 0.15) is 0 Å². The molecule has 2 heterocycles. The molecule has 2 N–H and O–H groups in total. The number of nitrogens with zero attached hydrogens (tertiary/aromatic N) is 3. The van der Waals surface area contributed by atoms with Crippen LogP contribution < -0.4 is 10.5 Å². The normalized spacial score (nSPS) is 10.4. The van der Waals surface area contributed by atoms with E-state index in [1.807, 2.05) is 0 Å². The standard InChI is InChI=1S/C6H6N4OS/c1-11-5-3-4(7)8-2-9-6(3)12-10-5/h2H,1H3,(H2,7,8,9). The zero-order valence-electron chi connectivity index (χ0n) is 6.31. The molecule has 2 rings (SSSR count). The fraction of sp³-hybridized carbons (Fsp3) is 0.167. The van der Waals surface area contributed by atoms with Crippen molar-refractivity contribution in [1.82, 2.24) is 14.3 Å². The van der Waals surface area contributed by atoms with Crippen LogP contribution in [0.25, 0.3) is 10.2 Å². The third-order valence-corrected chi connectivity index (χ3v) is 2.20. The summed E-state index contributed by atoms with van der Waals surface area (Å²) in [4.78, 5) is 8.59. The Balaban J connectivity index is 2.83. The van der Waals surface area contributed by atoms with Gasteiger partial charge < -0.3 is 10.5 Å². The Morgan fingerprint density at radius 1 is 1.50 bits per heavy atom. The van der Waals surface area contributed by atoms with Gasteiger partial charge >= 0.3 is 0 Å². The Kier molecular flexibility index (Phi) is 1.54. The molecule has 0 amide bonds. The summed E-state index contributed by atoms with van der Waals surface area (Å²) in [5.74, 6) is 0.902. The van der Waals surface area contributed by atoms with Gasteiger partial charge in [-0.25, -0.2) is 9.97 Å². The topological polar surface area (TPSA) is 73.9 Å². The van der Waals surface area contributed by atoms with Gasteiger partial charge in [0.05, 0.1) is 7.11 Å². The van der Waals surface area contributed by atoms with Crippen LogP contribution in [-0.4, -0.2) is 21.5 Å². The van der Waals surface area contributed by atoms with Gasteiger partial charge in [-0.1, -0.05) is 0 Å². The van der Waals surface area contributed by atoms with Gasteiger partial charge in [-0.05, 0) is 11.5 Å². The molecular formula is C6H6N4OS. The first-order valence-corrected chi connectivity index (χ1v) is 4.00. The van der Waals surface area contributed by atoms with E-state index in [4.69, 9.17) is 10.5 Å². The second-order valence-corrected chi connectivity index (χ2v) is 2.88. The average Bonchev–Trinajstić information content (AvgIpc) is 2.49. The number of anilines is 1. The number of ether oxygens (including phenoxy) is 1. The minimum absolute atomic E-state index is 0.408. The van der Waals surface area contributed by atoms with Crippen molar-refractivity contribution in [3.05, 3.63) is 6.33 Å². The van der Waals surface area contributed by atoms with Gasteiger partial charge in [-0.3, -0.25) is 0 Å². The Hall–Kier alpha value is -1.43. The van der Waals surface area contributed by atoms with Gasteiger partial charge in [0, 0.05) is 0 Å². The van der Waals surface area contributed by atoms with E-state index in [2.05, 4.69) is 14.3 Å². The molecule has 5 nitrogen and oxygen atoms in total. The van der Waals surface area contributed by atoms with Crippen LogP contribution in [-0.2, 0) is 0 Å². The molecule has 0 aromatic carbocycles. The fourth-order valence-corrected chi connectivity index (χ4v) is 1.63. The van der Waals surface area contributed by atoms with E-state index in [1.54, 1.807) is 7.11 Å². The highest BCUT2D eigenvalue weighted by Gasteiger charge is 2.10. The van der Waals surface area contributed by atoms with Crippen LogP contribution >= 0.6 is 11.5 Å². The molecule has 0 aliphatic rings. The SMILES string of the molecule is COc1nsc2ncnc(N)c12. The molecule has 6 heteroatoms. The second kappa shape index (κ2) is 2.56. The fourth-order valence-electron chi connectivity index (χ4n) is 0.922. The number of nitrogen functional groups attached to an aromatic ring is 1. The Morgan fingerprint density at radius 2 is 2.33 bits per heavy atom. The number of nitrogens with two attached hydrogens (primary N) is 1. The Labute approximate surface area is 72.4 Å². The van der Waals surface area contributed by atoms with Crippen molar-refractivity contribution < 1.29 is 4.74 Å². The molecule has 0 aliphatic carbocycles. The predicted molar refractivity (Wildman–Crippen MR) is 46.2 cm³/mol. The zero-order valence-corrected chi connectivity index (χ0v) is 7.13. The molecule has 62 valence electrons. The van der Waals surface area contributed by atoms with Gasteiger partial charge in [-0.15, -0.1) is 0 Å². The van der Waals surface area contributed by atoms with Crippen LogP contribution in [0.5, 0.6) is 5.88 Å². The number of methoxy groups -OCH3 is 1. The van der Waals surface area contributed by atoms with Gasteiger partial charge in [0.15, 0.2) is 4.83 Å². The molecule has 0 saturated carbocycles. The van der Waals surface area contributed by atoms with Gasteiger partial charge in [0.25, 0.3) is 0 Å². The lowest BCUT2D eigenvalue weighted by Crippen LogP contribution is -1.92. The van der Waals surface area contributed by atoms with Crippen molar-refractivity contribution in [2.75, 3.05) is 12.8 Å². The van der Waals surface area contributed by atoms with Crippen LogP contribution in [0.2, 0.25) is 0 Å². The first-order valence-electron chi connectivity index (χ1n) is 3.22. The molecule has 0 unspecified atom stereocenters. The summed E-state index contributed by atoms with van der Waals surface area (Å²) in [5.41, 5.74) is 5.61. The molecule has 0 atom stereocenters. The summed E-state index contributed by atoms with van der Waals surface area (Å²) in [6, 6.07) is 0. The van der Waals surface area contributed by atoms with E-state index in [-0.39, 0.29) is 0 Å². The third-order valence-electron chi connectivity index (χ3n) is 1.46. The molecule has 0 aliphatic heterocycles. The highest BCUT2D eigenvalue weighted by molar-refractivity contribution is 7.13. The number of aromatic nitrogens is 3. The van der Waals surface area contributed by atoms with E-state index >= 15 is 0 Å². The smallest absolute Gasteiger partial charge is 0.238 e. The van der Waals surface area contributed by atoms with E-state index in [1.165, 1.54) is 17.9 Å². The number of hydrogen-bond donors (Lipinski definition) is 1. The van der Waals surface area contributed by atoms with E-state index < -0.39 is 0 Å². The largest absolute Gasteiger partial charge is 0.480 e. The van der Waals surface area contributed by atoms with Crippen molar-refractivity contribution in [3.8, 4) is 5.88 Å². The molecule has 12 heavy (non-hydrogen) atoms. The summed E-state index contributed by atoms with van der Waals surface area (Å²) >= 11 is 1.25. The van der Waals surface area contributed by atoms with Crippen molar-refractivity contribution in [2.24, 2.45) is 0 Å². The lowest BCUT2D eigenvalue weighted by molar-refractivity contribution is 0.407.